The van der Waals surface area contributed by atoms with Gasteiger partial charge in [-0.2, -0.15) is 0 Å². The minimum Gasteiger partial charge on any atom is -0.432 e. The first kappa shape index (κ1) is 26.8. The minimum atomic E-state index is -3.72. The van der Waals surface area contributed by atoms with Gasteiger partial charge in [-0.05, 0) is 40.5 Å². The molecule has 1 aromatic rings. The number of aromatic amines is 1. The molecule has 1 heterocycles. The molecule has 11 nitrogen and oxygen atoms in total. The van der Waals surface area contributed by atoms with Crippen LogP contribution in [0.5, 0.6) is 0 Å². The Hall–Kier alpha value is -2.20. The summed E-state index contributed by atoms with van der Waals surface area (Å²) < 4.78 is 39.5. The van der Waals surface area contributed by atoms with Gasteiger partial charge < -0.3 is 23.3 Å². The van der Waals surface area contributed by atoms with E-state index in [2.05, 4.69) is 4.98 Å². The van der Waals surface area contributed by atoms with Crippen molar-refractivity contribution < 1.29 is 32.6 Å². The highest BCUT2D eigenvalue weighted by molar-refractivity contribution is 7.57. The SMILES string of the molecule is CCOCCCOP(=O)(/C=C/CCn1cc(C)c(=O)[nH]c1=O)OCOC(=O)OC(C)C. The molecule has 0 aliphatic carbocycles. The number of aromatic nitrogens is 2. The third-order valence-electron chi connectivity index (χ3n) is 3.66. The summed E-state index contributed by atoms with van der Waals surface area (Å²) in [5.41, 5.74) is -0.570. The lowest BCUT2D eigenvalue weighted by atomic mass is 10.3. The molecule has 12 heteroatoms. The van der Waals surface area contributed by atoms with Crippen LogP contribution in [0.3, 0.4) is 0 Å². The van der Waals surface area contributed by atoms with E-state index < -0.39 is 31.8 Å². The van der Waals surface area contributed by atoms with E-state index in [1.165, 1.54) is 22.7 Å². The molecule has 0 amide bonds. The summed E-state index contributed by atoms with van der Waals surface area (Å²) >= 11 is 0. The molecule has 0 fully saturated rings. The average Bonchev–Trinajstić information content (AvgIpc) is 2.68. The van der Waals surface area contributed by atoms with Crippen molar-refractivity contribution in [2.75, 3.05) is 26.6 Å². The first-order valence-corrected chi connectivity index (χ1v) is 11.6. The third-order valence-corrected chi connectivity index (χ3v) is 5.25. The van der Waals surface area contributed by atoms with E-state index in [4.69, 9.17) is 23.3 Å². The number of hydrogen-bond donors (Lipinski definition) is 1. The maximum absolute atomic E-state index is 12.9. The summed E-state index contributed by atoms with van der Waals surface area (Å²) in [6.07, 6.45) is 2.48. The second-order valence-electron chi connectivity index (χ2n) is 6.67. The predicted octanol–water partition coefficient (Wildman–Crippen LogP) is 2.92. The summed E-state index contributed by atoms with van der Waals surface area (Å²) in [6, 6.07) is 0. The lowest BCUT2D eigenvalue weighted by Crippen LogP contribution is -2.30. The number of carbonyl (C=O) groups is 1. The van der Waals surface area contributed by atoms with E-state index in [1.807, 2.05) is 6.92 Å². The Bertz CT molecular complexity index is 876. The molecule has 1 aromatic heterocycles. The number of allylic oxidation sites excluding steroid dienone is 1. The van der Waals surface area contributed by atoms with Crippen LogP contribution in [0.2, 0.25) is 0 Å². The number of hydrogen-bond acceptors (Lipinski definition) is 9. The van der Waals surface area contributed by atoms with Crippen LogP contribution in [-0.2, 0) is 34.4 Å². The maximum Gasteiger partial charge on any atom is 0.510 e. The summed E-state index contributed by atoms with van der Waals surface area (Å²) in [5.74, 6) is 1.24. The normalized spacial score (nSPS) is 13.5. The van der Waals surface area contributed by atoms with Crippen molar-refractivity contribution in [1.82, 2.24) is 9.55 Å². The first-order valence-electron chi connectivity index (χ1n) is 9.95. The zero-order valence-electron chi connectivity index (χ0n) is 18.3. The summed E-state index contributed by atoms with van der Waals surface area (Å²) in [6.45, 7) is 7.50. The van der Waals surface area contributed by atoms with E-state index in [-0.39, 0.29) is 19.3 Å². The smallest absolute Gasteiger partial charge is 0.432 e. The van der Waals surface area contributed by atoms with Crippen LogP contribution in [0.15, 0.2) is 27.7 Å². The molecular formula is C19H31N2O9P. The largest absolute Gasteiger partial charge is 0.510 e. The highest BCUT2D eigenvalue weighted by Crippen LogP contribution is 2.50. The fourth-order valence-electron chi connectivity index (χ4n) is 2.20. The zero-order chi connectivity index (χ0) is 23.3. The van der Waals surface area contributed by atoms with Gasteiger partial charge in [-0.3, -0.25) is 18.9 Å². The molecular weight excluding hydrogens is 431 g/mol. The van der Waals surface area contributed by atoms with Crippen LogP contribution in [0.4, 0.5) is 4.79 Å². The van der Waals surface area contributed by atoms with Crippen molar-refractivity contribution in [3.63, 3.8) is 0 Å². The molecule has 31 heavy (non-hydrogen) atoms. The minimum absolute atomic E-state index is 0.108. The molecule has 0 aliphatic heterocycles. The number of H-pyrrole nitrogens is 1. The first-order chi connectivity index (χ1) is 14.7. The standard InChI is InChI=1S/C19H31N2O9P/c1-5-26-10-8-11-28-31(25,29-14-27-19(24)30-15(2)3)12-7-6-9-21-13-16(4)17(22)20-18(21)23/h7,12-13,15H,5-6,8-11,14H2,1-4H3,(H,20,22,23)/b12-7+. The quantitative estimate of drug-likeness (QED) is 0.192. The summed E-state index contributed by atoms with van der Waals surface area (Å²) in [5, 5.41) is 0. The molecule has 176 valence electrons. The number of carbonyl (C=O) groups excluding carboxylic acids is 1. The number of ether oxygens (including phenoxy) is 3. The molecule has 0 spiro atoms. The van der Waals surface area contributed by atoms with Gasteiger partial charge in [0.25, 0.3) is 5.56 Å². The van der Waals surface area contributed by atoms with Crippen molar-refractivity contribution in [3.05, 3.63) is 44.5 Å². The zero-order valence-corrected chi connectivity index (χ0v) is 19.2. The Kier molecular flexibility index (Phi) is 12.1. The number of nitrogens with one attached hydrogen (secondary N) is 1. The molecule has 0 bridgehead atoms. The molecule has 1 unspecified atom stereocenters. The van der Waals surface area contributed by atoms with Crippen LogP contribution in [0.25, 0.3) is 0 Å². The summed E-state index contributed by atoms with van der Waals surface area (Å²) in [4.78, 5) is 36.9. The monoisotopic (exact) mass is 462 g/mol. The molecule has 1 atom stereocenters. The van der Waals surface area contributed by atoms with Crippen molar-refractivity contribution >= 4 is 13.8 Å². The van der Waals surface area contributed by atoms with Gasteiger partial charge in [0.15, 0.2) is 0 Å². The van der Waals surface area contributed by atoms with Crippen molar-refractivity contribution in [1.29, 1.82) is 0 Å². The second-order valence-corrected chi connectivity index (χ2v) is 8.56. The van der Waals surface area contributed by atoms with Gasteiger partial charge in [0, 0.05) is 37.3 Å². The van der Waals surface area contributed by atoms with Gasteiger partial charge in [0.2, 0.25) is 6.79 Å². The highest BCUT2D eigenvalue weighted by Gasteiger charge is 2.22. The van der Waals surface area contributed by atoms with Gasteiger partial charge in [-0.25, -0.2) is 9.59 Å². The molecule has 0 saturated heterocycles. The van der Waals surface area contributed by atoms with E-state index >= 15 is 0 Å². The number of aryl methyl sites for hydroxylation is 2. The van der Waals surface area contributed by atoms with E-state index in [9.17, 15) is 18.9 Å². The molecule has 1 N–H and O–H groups in total. The molecule has 0 saturated carbocycles. The third kappa shape index (κ3) is 11.1. The van der Waals surface area contributed by atoms with Gasteiger partial charge >= 0.3 is 19.4 Å². The predicted molar refractivity (Wildman–Crippen MR) is 113 cm³/mol. The fraction of sp³-hybridized carbons (Fsp3) is 0.632. The maximum atomic E-state index is 12.9. The molecule has 1 rings (SSSR count). The van der Waals surface area contributed by atoms with E-state index in [0.29, 0.717) is 31.6 Å². The van der Waals surface area contributed by atoms with Crippen LogP contribution in [-0.4, -0.2) is 48.4 Å². The average molecular weight is 462 g/mol. The lowest BCUT2D eigenvalue weighted by molar-refractivity contribution is -0.0122. The fourth-order valence-corrected chi connectivity index (χ4v) is 3.43. The summed E-state index contributed by atoms with van der Waals surface area (Å²) in [7, 11) is -3.72. The Morgan fingerprint density at radius 1 is 1.26 bits per heavy atom. The van der Waals surface area contributed by atoms with Gasteiger partial charge in [-0.1, -0.05) is 6.08 Å². The van der Waals surface area contributed by atoms with Crippen molar-refractivity contribution in [2.24, 2.45) is 0 Å². The van der Waals surface area contributed by atoms with E-state index in [1.54, 1.807) is 20.8 Å². The van der Waals surface area contributed by atoms with Crippen molar-refractivity contribution in [3.8, 4) is 0 Å². The van der Waals surface area contributed by atoms with Crippen LogP contribution >= 0.6 is 7.60 Å². The number of rotatable bonds is 14. The Balaban J connectivity index is 2.67. The number of nitrogens with zero attached hydrogens (tertiary/aromatic N) is 1. The van der Waals surface area contributed by atoms with Gasteiger partial charge in [0.1, 0.15) is 0 Å². The van der Waals surface area contributed by atoms with Crippen molar-refractivity contribution in [2.45, 2.75) is 53.2 Å². The van der Waals surface area contributed by atoms with E-state index in [0.717, 1.165) is 0 Å². The Morgan fingerprint density at radius 2 is 2.00 bits per heavy atom. The Labute approximate surface area is 180 Å². The highest BCUT2D eigenvalue weighted by atomic mass is 31.2. The Morgan fingerprint density at radius 3 is 2.68 bits per heavy atom. The molecule has 0 aromatic carbocycles. The van der Waals surface area contributed by atoms with Gasteiger partial charge in [-0.15, -0.1) is 0 Å². The van der Waals surface area contributed by atoms with Crippen LogP contribution in [0.1, 0.15) is 39.2 Å². The van der Waals surface area contributed by atoms with Gasteiger partial charge in [0.05, 0.1) is 12.7 Å². The molecule has 0 radical (unpaired) electrons. The lowest BCUT2D eigenvalue weighted by Gasteiger charge is -2.16. The second kappa shape index (κ2) is 14.0. The molecule has 0 aliphatic rings. The van der Waals surface area contributed by atoms with Crippen LogP contribution < -0.4 is 11.2 Å². The van der Waals surface area contributed by atoms with Crippen LogP contribution in [0, 0.1) is 6.92 Å². The topological polar surface area (TPSA) is 135 Å².